The van der Waals surface area contributed by atoms with Crippen molar-refractivity contribution >= 4 is 68.8 Å². The van der Waals surface area contributed by atoms with Crippen molar-refractivity contribution in [3.05, 3.63) is 102 Å². The average Bonchev–Trinajstić information content (AvgIpc) is 3.17. The second-order valence-corrected chi connectivity index (χ2v) is 9.57. The molecule has 2 N–H and O–H groups in total. The first-order valence-electron chi connectivity index (χ1n) is 12.1. The smallest absolute Gasteiger partial charge is 0.276 e. The number of carbonyl (C=O) groups excluding carboxylic acids is 3. The molecule has 1 heterocycles. The lowest BCUT2D eigenvalue weighted by Crippen LogP contribution is -2.51. The van der Waals surface area contributed by atoms with Gasteiger partial charge in [0.25, 0.3) is 11.8 Å². The Balaban J connectivity index is 1.30. The molecule has 1 aliphatic heterocycles. The Morgan fingerprint density at radius 2 is 1.56 bits per heavy atom. The zero-order valence-electron chi connectivity index (χ0n) is 20.5. The number of carbonyl (C=O) groups is 3. The molecular weight excluding hydrogens is 536 g/mol. The summed E-state index contributed by atoms with van der Waals surface area (Å²) in [7, 11) is 0. The second kappa shape index (κ2) is 11.5. The molecule has 1 atom stereocenters. The molecule has 3 amide bonds. The number of rotatable bonds is 8. The Labute approximate surface area is 235 Å². The van der Waals surface area contributed by atoms with Gasteiger partial charge in [-0.05, 0) is 71.5 Å². The summed E-state index contributed by atoms with van der Waals surface area (Å²) in [6, 6.07) is 27.7. The fourth-order valence-corrected chi connectivity index (χ4v) is 4.70. The van der Waals surface area contributed by atoms with Gasteiger partial charge in [0.05, 0.1) is 12.1 Å². The number of fused-ring (bicyclic) bond motifs is 1. The van der Waals surface area contributed by atoms with Crippen LogP contribution in [-0.2, 0) is 14.4 Å². The zero-order chi connectivity index (χ0) is 27.4. The number of amides is 3. The highest BCUT2D eigenvalue weighted by Crippen LogP contribution is 2.26. The predicted octanol–water partition coefficient (Wildman–Crippen LogP) is 4.93. The van der Waals surface area contributed by atoms with Crippen LogP contribution in [0.5, 0.6) is 5.75 Å². The van der Waals surface area contributed by atoms with Gasteiger partial charge in [0.1, 0.15) is 11.8 Å². The molecular formula is C29H23ClN4O4S. The maximum atomic E-state index is 13.5. The minimum Gasteiger partial charge on any atom is -0.484 e. The summed E-state index contributed by atoms with van der Waals surface area (Å²) in [5, 5.41) is 6.60. The number of ether oxygens (including phenoxy) is 1. The van der Waals surface area contributed by atoms with Gasteiger partial charge in [-0.25, -0.2) is 5.01 Å². The maximum Gasteiger partial charge on any atom is 0.276 e. The molecule has 4 aromatic carbocycles. The van der Waals surface area contributed by atoms with Crippen LogP contribution in [0.25, 0.3) is 10.8 Å². The molecule has 196 valence electrons. The largest absolute Gasteiger partial charge is 0.484 e. The van der Waals surface area contributed by atoms with Gasteiger partial charge in [-0.2, -0.15) is 0 Å². The predicted molar refractivity (Wildman–Crippen MR) is 154 cm³/mol. The SMILES string of the molecule is O=C(CC1C(=O)N(c2ccccc2)C(=S)N1NC(=O)COc1ccc2ccccc2c1)Nc1ccc(Cl)cc1. The van der Waals surface area contributed by atoms with E-state index in [-0.39, 0.29) is 18.1 Å². The van der Waals surface area contributed by atoms with Crippen LogP contribution in [0, 0.1) is 0 Å². The van der Waals surface area contributed by atoms with Gasteiger partial charge in [0.15, 0.2) is 6.61 Å². The number of nitrogens with one attached hydrogen (secondary N) is 2. The Kier molecular flexibility index (Phi) is 7.72. The Bertz CT molecular complexity index is 1550. The number of benzene rings is 4. The highest BCUT2D eigenvalue weighted by atomic mass is 35.5. The standard InChI is InChI=1S/C29H23ClN4O4S/c30-21-11-13-22(14-12-21)31-26(35)17-25-28(37)33(23-8-2-1-3-9-23)29(39)34(25)32-27(36)18-38-24-15-10-19-6-4-5-7-20(19)16-24/h1-16,25H,17-18H2,(H,31,35)(H,32,36). The monoisotopic (exact) mass is 558 g/mol. The van der Waals surface area contributed by atoms with Gasteiger partial charge in [0.2, 0.25) is 11.0 Å². The summed E-state index contributed by atoms with van der Waals surface area (Å²) in [5.74, 6) is -0.877. The second-order valence-electron chi connectivity index (χ2n) is 8.77. The molecule has 39 heavy (non-hydrogen) atoms. The fraction of sp³-hybridized carbons (Fsp3) is 0.103. The lowest BCUT2D eigenvalue weighted by molar-refractivity contribution is -0.130. The van der Waals surface area contributed by atoms with Crippen LogP contribution < -0.4 is 20.4 Å². The molecule has 5 rings (SSSR count). The van der Waals surface area contributed by atoms with Gasteiger partial charge in [-0.3, -0.25) is 24.7 Å². The molecule has 0 bridgehead atoms. The summed E-state index contributed by atoms with van der Waals surface area (Å²) in [6.07, 6.45) is -0.253. The van der Waals surface area contributed by atoms with E-state index in [1.807, 2.05) is 42.5 Å². The quantitative estimate of drug-likeness (QED) is 0.298. The van der Waals surface area contributed by atoms with E-state index < -0.39 is 23.8 Å². The van der Waals surface area contributed by atoms with Crippen molar-refractivity contribution in [1.29, 1.82) is 0 Å². The summed E-state index contributed by atoms with van der Waals surface area (Å²) < 4.78 is 5.69. The van der Waals surface area contributed by atoms with E-state index in [1.165, 1.54) is 9.91 Å². The van der Waals surface area contributed by atoms with Gasteiger partial charge in [0, 0.05) is 10.7 Å². The number of para-hydroxylation sites is 1. The topological polar surface area (TPSA) is 91.0 Å². The third kappa shape index (κ3) is 6.00. The van der Waals surface area contributed by atoms with E-state index in [9.17, 15) is 14.4 Å². The average molecular weight is 559 g/mol. The Morgan fingerprint density at radius 1 is 0.872 bits per heavy atom. The minimum atomic E-state index is -1.06. The van der Waals surface area contributed by atoms with Crippen molar-refractivity contribution in [2.24, 2.45) is 0 Å². The van der Waals surface area contributed by atoms with Crippen molar-refractivity contribution in [2.75, 3.05) is 16.8 Å². The first-order chi connectivity index (χ1) is 18.9. The van der Waals surface area contributed by atoms with Gasteiger partial charge in [-0.15, -0.1) is 0 Å². The lowest BCUT2D eigenvalue weighted by atomic mass is 10.1. The number of anilines is 2. The first kappa shape index (κ1) is 26.1. The third-order valence-corrected chi connectivity index (χ3v) is 6.70. The van der Waals surface area contributed by atoms with Crippen molar-refractivity contribution in [2.45, 2.75) is 12.5 Å². The lowest BCUT2D eigenvalue weighted by Gasteiger charge is -2.24. The van der Waals surface area contributed by atoms with E-state index in [4.69, 9.17) is 28.6 Å². The molecule has 8 nitrogen and oxygen atoms in total. The number of hydrazine groups is 1. The zero-order valence-corrected chi connectivity index (χ0v) is 22.1. The van der Waals surface area contributed by atoms with Crippen molar-refractivity contribution < 1.29 is 19.1 Å². The van der Waals surface area contributed by atoms with E-state index >= 15 is 0 Å². The maximum absolute atomic E-state index is 13.5. The number of thiocarbonyl (C=S) groups is 1. The van der Waals surface area contributed by atoms with E-state index in [0.29, 0.717) is 22.1 Å². The van der Waals surface area contributed by atoms with Crippen molar-refractivity contribution in [3.8, 4) is 5.75 Å². The number of hydrogen-bond acceptors (Lipinski definition) is 5. The number of hydrogen-bond donors (Lipinski definition) is 2. The van der Waals surface area contributed by atoms with Gasteiger partial charge >= 0.3 is 0 Å². The van der Waals surface area contributed by atoms with E-state index in [2.05, 4.69) is 10.7 Å². The normalized spacial score (nSPS) is 14.9. The van der Waals surface area contributed by atoms with Crippen LogP contribution >= 0.6 is 23.8 Å². The molecule has 10 heteroatoms. The molecule has 0 aliphatic carbocycles. The van der Waals surface area contributed by atoms with Crippen LogP contribution in [0.2, 0.25) is 5.02 Å². The van der Waals surface area contributed by atoms with Crippen LogP contribution in [0.3, 0.4) is 0 Å². The van der Waals surface area contributed by atoms with Crippen molar-refractivity contribution in [3.63, 3.8) is 0 Å². The van der Waals surface area contributed by atoms with Crippen LogP contribution in [-0.4, -0.2) is 40.5 Å². The fourth-order valence-electron chi connectivity index (χ4n) is 4.21. The van der Waals surface area contributed by atoms with Gasteiger partial charge in [-0.1, -0.05) is 60.1 Å². The molecule has 1 unspecified atom stereocenters. The van der Waals surface area contributed by atoms with E-state index in [0.717, 1.165) is 10.8 Å². The molecule has 4 aromatic rings. The third-order valence-electron chi connectivity index (χ3n) is 6.07. The van der Waals surface area contributed by atoms with Crippen LogP contribution in [0.15, 0.2) is 97.1 Å². The minimum absolute atomic E-state index is 0.0505. The molecule has 0 aromatic heterocycles. The molecule has 1 aliphatic rings. The Morgan fingerprint density at radius 3 is 2.31 bits per heavy atom. The summed E-state index contributed by atoms with van der Waals surface area (Å²) in [5.41, 5.74) is 3.71. The molecule has 0 spiro atoms. The summed E-state index contributed by atoms with van der Waals surface area (Å²) in [4.78, 5) is 40.5. The molecule has 0 saturated carbocycles. The van der Waals surface area contributed by atoms with Crippen molar-refractivity contribution in [1.82, 2.24) is 10.4 Å². The molecule has 1 saturated heterocycles. The molecule has 0 radical (unpaired) electrons. The summed E-state index contributed by atoms with van der Waals surface area (Å²) in [6.45, 7) is -0.319. The van der Waals surface area contributed by atoms with Crippen LogP contribution in [0.1, 0.15) is 6.42 Å². The highest BCUT2D eigenvalue weighted by molar-refractivity contribution is 7.80. The molecule has 1 fully saturated rings. The highest BCUT2D eigenvalue weighted by Gasteiger charge is 2.45. The number of halogens is 1. The van der Waals surface area contributed by atoms with Crippen LogP contribution in [0.4, 0.5) is 11.4 Å². The van der Waals surface area contributed by atoms with E-state index in [1.54, 1.807) is 54.6 Å². The van der Waals surface area contributed by atoms with Gasteiger partial charge < -0.3 is 10.1 Å². The Hall–Kier alpha value is -4.47. The number of nitrogens with zero attached hydrogens (tertiary/aromatic N) is 2. The summed E-state index contributed by atoms with van der Waals surface area (Å²) >= 11 is 11.5. The first-order valence-corrected chi connectivity index (χ1v) is 12.9.